The number of nitrogens with one attached hydrogen (secondary N) is 1. The molecule has 1 heterocycles. The highest BCUT2D eigenvalue weighted by Gasteiger charge is 2.09. The van der Waals surface area contributed by atoms with E-state index in [2.05, 4.69) is 10.2 Å². The summed E-state index contributed by atoms with van der Waals surface area (Å²) in [5, 5.41) is 12.0. The van der Waals surface area contributed by atoms with E-state index in [1.54, 1.807) is 6.07 Å². The molecule has 0 bridgehead atoms. The van der Waals surface area contributed by atoms with E-state index in [-0.39, 0.29) is 5.82 Å². The molecule has 0 aromatic heterocycles. The van der Waals surface area contributed by atoms with Gasteiger partial charge in [0.25, 0.3) is 0 Å². The largest absolute Gasteiger partial charge is 0.311 e. The van der Waals surface area contributed by atoms with Crippen molar-refractivity contribution in [3.63, 3.8) is 0 Å². The molecule has 5 heteroatoms. The Kier molecular flexibility index (Phi) is 5.64. The van der Waals surface area contributed by atoms with Crippen LogP contribution in [0.3, 0.4) is 0 Å². The maximum atomic E-state index is 13.5. The highest BCUT2D eigenvalue weighted by atomic mass is 32.2. The van der Waals surface area contributed by atoms with Crippen LogP contribution >= 0.6 is 11.8 Å². The lowest BCUT2D eigenvalue weighted by Gasteiger charge is -2.26. The SMILES string of the molecule is N#Cc1ccc(F)c(CNCCN2CCSCC2)c1. The number of thioether (sulfide) groups is 1. The van der Waals surface area contributed by atoms with Gasteiger partial charge in [-0.2, -0.15) is 17.0 Å². The molecule has 2 rings (SSSR count). The topological polar surface area (TPSA) is 39.1 Å². The van der Waals surface area contributed by atoms with Crippen LogP contribution in [0.25, 0.3) is 0 Å². The van der Waals surface area contributed by atoms with Gasteiger partial charge in [0.05, 0.1) is 11.6 Å². The first-order valence-electron chi connectivity index (χ1n) is 6.49. The number of hydrogen-bond acceptors (Lipinski definition) is 4. The highest BCUT2D eigenvalue weighted by Crippen LogP contribution is 2.10. The van der Waals surface area contributed by atoms with E-state index in [9.17, 15) is 4.39 Å². The van der Waals surface area contributed by atoms with Crippen LogP contribution in [0.2, 0.25) is 0 Å². The van der Waals surface area contributed by atoms with Crippen LogP contribution in [0.15, 0.2) is 18.2 Å². The van der Waals surface area contributed by atoms with Gasteiger partial charge in [0.2, 0.25) is 0 Å². The Balaban J connectivity index is 1.74. The quantitative estimate of drug-likeness (QED) is 0.835. The number of hydrogen-bond donors (Lipinski definition) is 1. The molecule has 1 aliphatic heterocycles. The summed E-state index contributed by atoms with van der Waals surface area (Å²) in [5.41, 5.74) is 1.07. The molecular weight excluding hydrogens is 261 g/mol. The Bertz CT molecular complexity index is 452. The number of nitrogens with zero attached hydrogens (tertiary/aromatic N) is 2. The molecule has 0 saturated carbocycles. The van der Waals surface area contributed by atoms with Crippen molar-refractivity contribution in [2.75, 3.05) is 37.7 Å². The average Bonchev–Trinajstić information content (AvgIpc) is 2.46. The maximum absolute atomic E-state index is 13.5. The minimum absolute atomic E-state index is 0.249. The van der Waals surface area contributed by atoms with E-state index in [4.69, 9.17) is 5.26 Å². The van der Waals surface area contributed by atoms with Crippen LogP contribution in [0.1, 0.15) is 11.1 Å². The normalized spacial score (nSPS) is 16.2. The molecule has 1 aromatic carbocycles. The molecule has 0 spiro atoms. The molecule has 0 atom stereocenters. The fourth-order valence-corrected chi connectivity index (χ4v) is 3.04. The molecule has 0 amide bonds. The lowest BCUT2D eigenvalue weighted by Crippen LogP contribution is -2.37. The molecule has 19 heavy (non-hydrogen) atoms. The zero-order chi connectivity index (χ0) is 13.5. The van der Waals surface area contributed by atoms with Gasteiger partial charge in [-0.25, -0.2) is 4.39 Å². The molecule has 1 fully saturated rings. The van der Waals surface area contributed by atoms with Gasteiger partial charge in [0.1, 0.15) is 5.82 Å². The van der Waals surface area contributed by atoms with Gasteiger partial charge in [-0.15, -0.1) is 0 Å². The smallest absolute Gasteiger partial charge is 0.127 e. The predicted octanol–water partition coefficient (Wildman–Crippen LogP) is 1.84. The summed E-state index contributed by atoms with van der Waals surface area (Å²) in [5.74, 6) is 2.17. The molecule has 0 aliphatic carbocycles. The standard InChI is InChI=1S/C14H18FN3S/c15-14-2-1-12(10-16)9-13(14)11-17-3-4-18-5-7-19-8-6-18/h1-2,9,17H,3-8,11H2. The van der Waals surface area contributed by atoms with Crippen molar-refractivity contribution >= 4 is 11.8 Å². The number of benzene rings is 1. The number of nitriles is 1. The molecule has 1 saturated heterocycles. The zero-order valence-corrected chi connectivity index (χ0v) is 11.7. The Morgan fingerprint density at radius 3 is 2.89 bits per heavy atom. The summed E-state index contributed by atoms with van der Waals surface area (Å²) >= 11 is 2.00. The summed E-state index contributed by atoms with van der Waals surface area (Å²) in [6.07, 6.45) is 0. The lowest BCUT2D eigenvalue weighted by molar-refractivity contribution is 0.301. The molecule has 1 aromatic rings. The Hall–Kier alpha value is -1.09. The van der Waals surface area contributed by atoms with Gasteiger partial charge in [-0.3, -0.25) is 0 Å². The van der Waals surface area contributed by atoms with Crippen molar-refractivity contribution < 1.29 is 4.39 Å². The lowest BCUT2D eigenvalue weighted by atomic mass is 10.1. The molecular formula is C14H18FN3S. The van der Waals surface area contributed by atoms with Crippen LogP contribution in [-0.4, -0.2) is 42.6 Å². The molecule has 1 N–H and O–H groups in total. The second-order valence-electron chi connectivity index (χ2n) is 4.55. The van der Waals surface area contributed by atoms with Crippen molar-refractivity contribution in [2.45, 2.75) is 6.54 Å². The monoisotopic (exact) mass is 279 g/mol. The second-order valence-corrected chi connectivity index (χ2v) is 5.77. The van der Waals surface area contributed by atoms with Crippen LogP contribution in [-0.2, 0) is 6.54 Å². The first-order valence-corrected chi connectivity index (χ1v) is 7.64. The Labute approximate surface area is 117 Å². The van der Waals surface area contributed by atoms with E-state index < -0.39 is 0 Å². The predicted molar refractivity (Wildman–Crippen MR) is 76.6 cm³/mol. The first-order chi connectivity index (χ1) is 9.29. The average molecular weight is 279 g/mol. The molecule has 3 nitrogen and oxygen atoms in total. The van der Waals surface area contributed by atoms with Crippen molar-refractivity contribution in [1.82, 2.24) is 10.2 Å². The van der Waals surface area contributed by atoms with Gasteiger partial charge in [-0.1, -0.05) is 0 Å². The fraction of sp³-hybridized carbons (Fsp3) is 0.500. The molecule has 102 valence electrons. The van der Waals surface area contributed by atoms with E-state index in [0.717, 1.165) is 26.2 Å². The van der Waals surface area contributed by atoms with Crippen LogP contribution in [0.4, 0.5) is 4.39 Å². The van der Waals surface area contributed by atoms with Crippen LogP contribution in [0, 0.1) is 17.1 Å². The maximum Gasteiger partial charge on any atom is 0.127 e. The molecule has 1 aliphatic rings. The molecule has 0 radical (unpaired) electrons. The highest BCUT2D eigenvalue weighted by molar-refractivity contribution is 7.99. The van der Waals surface area contributed by atoms with E-state index in [1.807, 2.05) is 17.8 Å². The number of halogens is 1. The Morgan fingerprint density at radius 1 is 1.37 bits per heavy atom. The molecule has 0 unspecified atom stereocenters. The summed E-state index contributed by atoms with van der Waals surface area (Å²) in [6.45, 7) is 4.61. The van der Waals surface area contributed by atoms with Gasteiger partial charge in [0.15, 0.2) is 0 Å². The van der Waals surface area contributed by atoms with Crippen molar-refractivity contribution in [3.8, 4) is 6.07 Å². The Morgan fingerprint density at radius 2 is 2.16 bits per heavy atom. The van der Waals surface area contributed by atoms with Gasteiger partial charge < -0.3 is 10.2 Å². The summed E-state index contributed by atoms with van der Waals surface area (Å²) in [6, 6.07) is 6.51. The fourth-order valence-electron chi connectivity index (χ4n) is 2.06. The van der Waals surface area contributed by atoms with Crippen LogP contribution in [0.5, 0.6) is 0 Å². The summed E-state index contributed by atoms with van der Waals surface area (Å²) in [4.78, 5) is 2.42. The zero-order valence-electron chi connectivity index (χ0n) is 10.9. The van der Waals surface area contributed by atoms with Crippen LogP contribution < -0.4 is 5.32 Å². The van der Waals surface area contributed by atoms with E-state index >= 15 is 0 Å². The van der Waals surface area contributed by atoms with E-state index in [0.29, 0.717) is 17.7 Å². The third kappa shape index (κ3) is 4.50. The van der Waals surface area contributed by atoms with Crippen molar-refractivity contribution in [1.29, 1.82) is 5.26 Å². The van der Waals surface area contributed by atoms with Crippen molar-refractivity contribution in [2.24, 2.45) is 0 Å². The van der Waals surface area contributed by atoms with E-state index in [1.165, 1.54) is 23.6 Å². The second kappa shape index (κ2) is 7.49. The number of rotatable bonds is 5. The third-order valence-electron chi connectivity index (χ3n) is 3.20. The first kappa shape index (κ1) is 14.3. The minimum Gasteiger partial charge on any atom is -0.311 e. The van der Waals surface area contributed by atoms with Gasteiger partial charge in [-0.05, 0) is 18.2 Å². The summed E-state index contributed by atoms with van der Waals surface area (Å²) < 4.78 is 13.5. The third-order valence-corrected chi connectivity index (χ3v) is 4.14. The van der Waals surface area contributed by atoms with Gasteiger partial charge in [0, 0.05) is 49.8 Å². The minimum atomic E-state index is -0.249. The van der Waals surface area contributed by atoms with Gasteiger partial charge >= 0.3 is 0 Å². The summed E-state index contributed by atoms with van der Waals surface area (Å²) in [7, 11) is 0. The van der Waals surface area contributed by atoms with Crippen molar-refractivity contribution in [3.05, 3.63) is 35.1 Å².